The molecule has 2 unspecified atom stereocenters. The lowest BCUT2D eigenvalue weighted by molar-refractivity contribution is -0.103. The Morgan fingerprint density at radius 2 is 2.55 bits per heavy atom. The fourth-order valence-corrected chi connectivity index (χ4v) is 1.06. The van der Waals surface area contributed by atoms with Gasteiger partial charge in [0.1, 0.15) is 6.11 Å². The van der Waals surface area contributed by atoms with Gasteiger partial charge in [-0.2, -0.15) is 0 Å². The maximum absolute atomic E-state index is 10.2. The molecule has 0 aromatic rings. The molecular weight excluding hydrogens is 167 g/mol. The van der Waals surface area contributed by atoms with Gasteiger partial charge in [0.05, 0.1) is 0 Å². The Bertz CT molecular complexity index is 251. The van der Waals surface area contributed by atoms with Crippen LogP contribution in [0.25, 0.3) is 0 Å². The van der Waals surface area contributed by atoms with Crippen LogP contribution in [0.4, 0.5) is 0 Å². The second kappa shape index (κ2) is 3.02. The number of hydrogen-bond donors (Lipinski definition) is 1. The van der Waals surface area contributed by atoms with Gasteiger partial charge < -0.3 is 4.74 Å². The van der Waals surface area contributed by atoms with Crippen LogP contribution in [0, 0.1) is 12.0 Å². The van der Waals surface area contributed by atoms with Crippen molar-refractivity contribution in [1.29, 1.82) is 0 Å². The van der Waals surface area contributed by atoms with Gasteiger partial charge in [0.2, 0.25) is 0 Å². The SMILES string of the molecule is C=CCC1(O[P+](=O)O)C#CO1. The van der Waals surface area contributed by atoms with Crippen LogP contribution < -0.4 is 0 Å². The molecule has 4 nitrogen and oxygen atoms in total. The number of hydrogen-bond acceptors (Lipinski definition) is 3. The maximum Gasteiger partial charge on any atom is 0.700 e. The van der Waals surface area contributed by atoms with E-state index in [0.717, 1.165) is 0 Å². The second-order valence-corrected chi connectivity index (χ2v) is 2.56. The molecule has 1 aliphatic rings. The van der Waals surface area contributed by atoms with E-state index in [0.29, 0.717) is 0 Å². The van der Waals surface area contributed by atoms with Crippen molar-refractivity contribution < 1.29 is 18.7 Å². The Kier molecular flexibility index (Phi) is 2.25. The second-order valence-electron chi connectivity index (χ2n) is 1.90. The van der Waals surface area contributed by atoms with Crippen LogP contribution in [-0.4, -0.2) is 10.7 Å². The Morgan fingerprint density at radius 3 is 2.82 bits per heavy atom. The highest BCUT2D eigenvalue weighted by Gasteiger charge is 2.44. The van der Waals surface area contributed by atoms with Gasteiger partial charge in [-0.15, -0.1) is 11.5 Å². The molecular formula is C6H6O4P+. The van der Waals surface area contributed by atoms with Crippen molar-refractivity contribution in [3.05, 3.63) is 12.7 Å². The minimum Gasteiger partial charge on any atom is -0.395 e. The highest BCUT2D eigenvalue weighted by Crippen LogP contribution is 2.32. The highest BCUT2D eigenvalue weighted by atomic mass is 31.1. The van der Waals surface area contributed by atoms with Gasteiger partial charge in [-0.1, -0.05) is 10.6 Å². The summed E-state index contributed by atoms with van der Waals surface area (Å²) < 4.78 is 19.4. The van der Waals surface area contributed by atoms with Crippen molar-refractivity contribution in [2.24, 2.45) is 0 Å². The maximum atomic E-state index is 10.2. The number of ether oxygens (including phenoxy) is 1. The van der Waals surface area contributed by atoms with Gasteiger partial charge in [0.15, 0.2) is 0 Å². The quantitative estimate of drug-likeness (QED) is 0.390. The van der Waals surface area contributed by atoms with E-state index in [1.54, 1.807) is 0 Å². The molecule has 0 radical (unpaired) electrons. The van der Waals surface area contributed by atoms with Gasteiger partial charge in [-0.05, 0) is 0 Å². The molecule has 0 saturated carbocycles. The van der Waals surface area contributed by atoms with Crippen molar-refractivity contribution in [2.75, 3.05) is 0 Å². The van der Waals surface area contributed by atoms with E-state index in [1.807, 2.05) is 0 Å². The molecule has 58 valence electrons. The summed E-state index contributed by atoms with van der Waals surface area (Å²) >= 11 is 0. The first kappa shape index (κ1) is 8.22. The summed E-state index contributed by atoms with van der Waals surface area (Å²) in [5.74, 6) is 1.26. The Balaban J connectivity index is 2.57. The predicted molar refractivity (Wildman–Crippen MR) is 37.3 cm³/mol. The Labute approximate surface area is 64.8 Å². The summed E-state index contributed by atoms with van der Waals surface area (Å²) in [5, 5.41) is 0. The summed E-state index contributed by atoms with van der Waals surface area (Å²) in [6.45, 7) is 3.43. The highest BCUT2D eigenvalue weighted by molar-refractivity contribution is 7.32. The molecule has 1 aliphatic heterocycles. The standard InChI is InChI=1S/C6H5O4P/c1-2-3-6(4-5-9-6)10-11(7)8/h2H,1,3H2/p+1. The van der Waals surface area contributed by atoms with E-state index < -0.39 is 14.0 Å². The summed E-state index contributed by atoms with van der Waals surface area (Å²) in [5.41, 5.74) is 0. The topological polar surface area (TPSA) is 55.8 Å². The van der Waals surface area contributed by atoms with Gasteiger partial charge in [0.25, 0.3) is 0 Å². The minimum atomic E-state index is -2.68. The lowest BCUT2D eigenvalue weighted by Gasteiger charge is -2.21. The Morgan fingerprint density at radius 1 is 1.91 bits per heavy atom. The van der Waals surface area contributed by atoms with Crippen LogP contribution in [0.3, 0.4) is 0 Å². The zero-order valence-corrected chi connectivity index (χ0v) is 6.51. The van der Waals surface area contributed by atoms with Crippen molar-refractivity contribution in [2.45, 2.75) is 12.2 Å². The third-order valence-corrected chi connectivity index (χ3v) is 1.55. The van der Waals surface area contributed by atoms with Gasteiger partial charge in [-0.25, -0.2) is 0 Å². The molecule has 0 saturated heterocycles. The van der Waals surface area contributed by atoms with Crippen LogP contribution in [0.15, 0.2) is 12.7 Å². The predicted octanol–water partition coefficient (Wildman–Crippen LogP) is 0.916. The first-order valence-electron chi connectivity index (χ1n) is 2.85. The molecule has 5 heteroatoms. The lowest BCUT2D eigenvalue weighted by Crippen LogP contribution is -2.35. The van der Waals surface area contributed by atoms with Crippen molar-refractivity contribution in [3.8, 4) is 12.0 Å². The Hall–Kier alpha value is -0.880. The molecule has 0 aliphatic carbocycles. The summed E-state index contributed by atoms with van der Waals surface area (Å²) in [4.78, 5) is 8.38. The summed E-state index contributed by atoms with van der Waals surface area (Å²) in [6, 6.07) is 0. The van der Waals surface area contributed by atoms with Crippen molar-refractivity contribution in [3.63, 3.8) is 0 Å². The van der Waals surface area contributed by atoms with E-state index in [2.05, 4.69) is 27.9 Å². The molecule has 0 bridgehead atoms. The molecule has 1 rings (SSSR count). The fourth-order valence-electron chi connectivity index (χ4n) is 0.652. The summed E-state index contributed by atoms with van der Waals surface area (Å²) in [7, 11) is -2.68. The van der Waals surface area contributed by atoms with E-state index in [9.17, 15) is 4.57 Å². The first-order valence-corrected chi connectivity index (χ1v) is 3.98. The van der Waals surface area contributed by atoms with E-state index in [1.165, 1.54) is 6.08 Å². The zero-order valence-electron chi connectivity index (χ0n) is 5.61. The summed E-state index contributed by atoms with van der Waals surface area (Å²) in [6.07, 6.45) is 4.02. The van der Waals surface area contributed by atoms with E-state index in [4.69, 9.17) is 4.89 Å². The average molecular weight is 173 g/mol. The van der Waals surface area contributed by atoms with Crippen LogP contribution >= 0.6 is 8.25 Å². The van der Waals surface area contributed by atoms with Crippen LogP contribution in [0.1, 0.15) is 6.42 Å². The van der Waals surface area contributed by atoms with Gasteiger partial charge in [-0.3, -0.25) is 0 Å². The van der Waals surface area contributed by atoms with Crippen molar-refractivity contribution >= 4 is 8.25 Å². The van der Waals surface area contributed by atoms with E-state index >= 15 is 0 Å². The normalized spacial score (nSPS) is 27.2. The molecule has 0 fully saturated rings. The molecule has 0 aromatic heterocycles. The molecule has 0 aromatic carbocycles. The third kappa shape index (κ3) is 1.78. The van der Waals surface area contributed by atoms with Crippen LogP contribution in [-0.2, 0) is 13.8 Å². The van der Waals surface area contributed by atoms with Gasteiger partial charge in [0, 0.05) is 16.9 Å². The lowest BCUT2D eigenvalue weighted by atomic mass is 10.2. The molecule has 0 amide bonds. The molecule has 2 atom stereocenters. The third-order valence-electron chi connectivity index (χ3n) is 1.10. The molecule has 0 spiro atoms. The smallest absolute Gasteiger partial charge is 0.395 e. The van der Waals surface area contributed by atoms with Crippen LogP contribution in [0.5, 0.6) is 0 Å². The average Bonchev–Trinajstić information content (AvgIpc) is 1.82. The van der Waals surface area contributed by atoms with Crippen molar-refractivity contribution in [1.82, 2.24) is 0 Å². The molecule has 1 N–H and O–H groups in total. The largest absolute Gasteiger partial charge is 0.700 e. The molecule has 1 heterocycles. The number of rotatable bonds is 4. The fraction of sp³-hybridized carbons (Fsp3) is 0.333. The first-order chi connectivity index (χ1) is 5.18. The van der Waals surface area contributed by atoms with Crippen LogP contribution in [0.2, 0.25) is 0 Å². The van der Waals surface area contributed by atoms with E-state index in [-0.39, 0.29) is 6.42 Å². The minimum absolute atomic E-state index is 0.279. The molecule has 11 heavy (non-hydrogen) atoms. The van der Waals surface area contributed by atoms with Gasteiger partial charge >= 0.3 is 14.0 Å². The zero-order chi connectivity index (χ0) is 8.32. The monoisotopic (exact) mass is 173 g/mol.